The zero-order valence-electron chi connectivity index (χ0n) is 13.0. The van der Waals surface area contributed by atoms with Crippen molar-refractivity contribution in [3.8, 4) is 0 Å². The lowest BCUT2D eigenvalue weighted by atomic mass is 10.1. The van der Waals surface area contributed by atoms with Crippen molar-refractivity contribution in [2.24, 2.45) is 5.73 Å². The molecule has 3 aromatic rings. The van der Waals surface area contributed by atoms with Crippen LogP contribution < -0.4 is 11.1 Å². The first-order valence-electron chi connectivity index (χ1n) is 7.53. The van der Waals surface area contributed by atoms with E-state index in [0.29, 0.717) is 16.8 Å². The molecular formula is C19H17N3O2. The smallest absolute Gasteiger partial charge is 0.255 e. The molecule has 120 valence electrons. The first kappa shape index (κ1) is 15.6. The van der Waals surface area contributed by atoms with Gasteiger partial charge in [-0.3, -0.25) is 9.59 Å². The molecule has 0 saturated heterocycles. The maximum atomic E-state index is 12.3. The van der Waals surface area contributed by atoms with Crippen molar-refractivity contribution in [2.75, 3.05) is 5.32 Å². The number of aromatic nitrogens is 1. The van der Waals surface area contributed by atoms with Gasteiger partial charge < -0.3 is 15.6 Å². The molecule has 0 spiro atoms. The first-order valence-corrected chi connectivity index (χ1v) is 7.53. The van der Waals surface area contributed by atoms with E-state index in [1.807, 2.05) is 36.7 Å². The number of nitrogens with one attached hydrogen (secondary N) is 1. The lowest BCUT2D eigenvalue weighted by Gasteiger charge is -2.07. The molecule has 3 rings (SSSR count). The second-order valence-electron chi connectivity index (χ2n) is 5.45. The van der Waals surface area contributed by atoms with E-state index in [0.717, 1.165) is 12.1 Å². The van der Waals surface area contributed by atoms with Gasteiger partial charge in [0, 0.05) is 35.8 Å². The summed E-state index contributed by atoms with van der Waals surface area (Å²) in [6.45, 7) is 0.767. The SMILES string of the molecule is NC(=O)c1ccc(NC(=O)c2ccc(Cn3cccc3)cc2)cc1. The number of rotatable bonds is 5. The van der Waals surface area contributed by atoms with Crippen LogP contribution >= 0.6 is 0 Å². The van der Waals surface area contributed by atoms with E-state index in [2.05, 4.69) is 9.88 Å². The summed E-state index contributed by atoms with van der Waals surface area (Å²) < 4.78 is 2.06. The summed E-state index contributed by atoms with van der Waals surface area (Å²) in [5, 5.41) is 2.79. The second kappa shape index (κ2) is 6.83. The topological polar surface area (TPSA) is 77.1 Å². The molecule has 0 unspecified atom stereocenters. The van der Waals surface area contributed by atoms with Crippen molar-refractivity contribution >= 4 is 17.5 Å². The van der Waals surface area contributed by atoms with Gasteiger partial charge in [0.2, 0.25) is 5.91 Å². The van der Waals surface area contributed by atoms with Gasteiger partial charge in [-0.2, -0.15) is 0 Å². The van der Waals surface area contributed by atoms with Crippen molar-refractivity contribution in [3.05, 3.63) is 89.7 Å². The fourth-order valence-corrected chi connectivity index (χ4v) is 2.37. The standard InChI is InChI=1S/C19H17N3O2/c20-18(23)15-7-9-17(10-8-15)21-19(24)16-5-3-14(4-6-16)13-22-11-1-2-12-22/h1-12H,13H2,(H2,20,23)(H,21,24). The van der Waals surface area contributed by atoms with Gasteiger partial charge in [-0.25, -0.2) is 0 Å². The van der Waals surface area contributed by atoms with Crippen LogP contribution in [0, 0.1) is 0 Å². The molecule has 0 aliphatic heterocycles. The maximum Gasteiger partial charge on any atom is 0.255 e. The van der Waals surface area contributed by atoms with Crippen LogP contribution in [-0.2, 0) is 6.54 Å². The van der Waals surface area contributed by atoms with E-state index in [-0.39, 0.29) is 5.91 Å². The highest BCUT2D eigenvalue weighted by Crippen LogP contribution is 2.12. The van der Waals surface area contributed by atoms with Crippen molar-refractivity contribution in [1.82, 2.24) is 4.57 Å². The molecule has 0 bridgehead atoms. The Bertz CT molecular complexity index is 835. The molecule has 24 heavy (non-hydrogen) atoms. The molecule has 0 radical (unpaired) electrons. The zero-order chi connectivity index (χ0) is 16.9. The predicted octanol–water partition coefficient (Wildman–Crippen LogP) is 2.89. The minimum Gasteiger partial charge on any atom is -0.366 e. The van der Waals surface area contributed by atoms with Gasteiger partial charge in [0.25, 0.3) is 5.91 Å². The van der Waals surface area contributed by atoms with E-state index >= 15 is 0 Å². The average molecular weight is 319 g/mol. The van der Waals surface area contributed by atoms with Gasteiger partial charge in [-0.1, -0.05) is 12.1 Å². The van der Waals surface area contributed by atoms with E-state index in [1.54, 1.807) is 36.4 Å². The minimum atomic E-state index is -0.494. The van der Waals surface area contributed by atoms with Crippen LogP contribution in [-0.4, -0.2) is 16.4 Å². The van der Waals surface area contributed by atoms with Crippen molar-refractivity contribution < 1.29 is 9.59 Å². The van der Waals surface area contributed by atoms with E-state index in [9.17, 15) is 9.59 Å². The lowest BCUT2D eigenvalue weighted by molar-refractivity contribution is 0.0998. The van der Waals surface area contributed by atoms with Crippen molar-refractivity contribution in [1.29, 1.82) is 0 Å². The molecule has 0 atom stereocenters. The fourth-order valence-electron chi connectivity index (χ4n) is 2.37. The molecule has 0 fully saturated rings. The summed E-state index contributed by atoms with van der Waals surface area (Å²) in [4.78, 5) is 23.3. The van der Waals surface area contributed by atoms with Crippen LogP contribution in [0.25, 0.3) is 0 Å². The van der Waals surface area contributed by atoms with Gasteiger partial charge in [0.15, 0.2) is 0 Å². The van der Waals surface area contributed by atoms with E-state index in [1.165, 1.54) is 0 Å². The number of hydrogen-bond donors (Lipinski definition) is 2. The summed E-state index contributed by atoms with van der Waals surface area (Å²) in [7, 11) is 0. The highest BCUT2D eigenvalue weighted by Gasteiger charge is 2.07. The Morgan fingerprint density at radius 3 is 2.04 bits per heavy atom. The number of primary amides is 1. The molecule has 5 nitrogen and oxygen atoms in total. The van der Waals surface area contributed by atoms with Crippen LogP contribution in [0.4, 0.5) is 5.69 Å². The second-order valence-corrected chi connectivity index (χ2v) is 5.45. The highest BCUT2D eigenvalue weighted by molar-refractivity contribution is 6.04. The Hall–Kier alpha value is -3.34. The maximum absolute atomic E-state index is 12.3. The van der Waals surface area contributed by atoms with Crippen molar-refractivity contribution in [2.45, 2.75) is 6.54 Å². The third-order valence-electron chi connectivity index (χ3n) is 3.67. The van der Waals surface area contributed by atoms with Crippen LogP contribution in [0.3, 0.4) is 0 Å². The minimum absolute atomic E-state index is 0.200. The molecular weight excluding hydrogens is 302 g/mol. The van der Waals surface area contributed by atoms with E-state index in [4.69, 9.17) is 5.73 Å². The molecule has 0 aliphatic rings. The Labute approximate surface area is 139 Å². The Balaban J connectivity index is 1.65. The van der Waals surface area contributed by atoms with Gasteiger partial charge in [0.05, 0.1) is 0 Å². The predicted molar refractivity (Wildman–Crippen MR) is 92.9 cm³/mol. The number of benzene rings is 2. The number of nitrogens with two attached hydrogens (primary N) is 1. The average Bonchev–Trinajstić information content (AvgIpc) is 3.09. The Morgan fingerprint density at radius 1 is 0.875 bits per heavy atom. The van der Waals surface area contributed by atoms with Gasteiger partial charge in [-0.15, -0.1) is 0 Å². The van der Waals surface area contributed by atoms with Crippen LogP contribution in [0.1, 0.15) is 26.3 Å². The molecule has 0 aliphatic carbocycles. The quantitative estimate of drug-likeness (QED) is 0.758. The molecule has 5 heteroatoms. The molecule has 0 saturated carbocycles. The summed E-state index contributed by atoms with van der Waals surface area (Å²) in [5.74, 6) is -0.694. The summed E-state index contributed by atoms with van der Waals surface area (Å²) in [6, 6.07) is 17.9. The lowest BCUT2D eigenvalue weighted by Crippen LogP contribution is -2.13. The highest BCUT2D eigenvalue weighted by atomic mass is 16.2. The monoisotopic (exact) mass is 319 g/mol. The number of nitrogens with zero attached hydrogens (tertiary/aromatic N) is 1. The summed E-state index contributed by atoms with van der Waals surface area (Å²) in [6.07, 6.45) is 3.99. The molecule has 3 N–H and O–H groups in total. The molecule has 1 aromatic heterocycles. The molecule has 2 aromatic carbocycles. The number of carbonyl (C=O) groups excluding carboxylic acids is 2. The normalized spacial score (nSPS) is 10.3. The van der Waals surface area contributed by atoms with Crippen LogP contribution in [0.15, 0.2) is 73.1 Å². The van der Waals surface area contributed by atoms with Crippen LogP contribution in [0.2, 0.25) is 0 Å². The number of amides is 2. The molecule has 1 heterocycles. The number of anilines is 1. The number of hydrogen-bond acceptors (Lipinski definition) is 2. The largest absolute Gasteiger partial charge is 0.366 e. The van der Waals surface area contributed by atoms with Gasteiger partial charge in [0.1, 0.15) is 0 Å². The Kier molecular flexibility index (Phi) is 4.43. The van der Waals surface area contributed by atoms with Gasteiger partial charge >= 0.3 is 0 Å². The molecule has 2 amide bonds. The Morgan fingerprint density at radius 2 is 1.46 bits per heavy atom. The fraction of sp³-hybridized carbons (Fsp3) is 0.0526. The zero-order valence-corrected chi connectivity index (χ0v) is 13.0. The number of carbonyl (C=O) groups is 2. The van der Waals surface area contributed by atoms with Crippen molar-refractivity contribution in [3.63, 3.8) is 0 Å². The van der Waals surface area contributed by atoms with Gasteiger partial charge in [-0.05, 0) is 54.1 Å². The van der Waals surface area contributed by atoms with E-state index < -0.39 is 5.91 Å². The third-order valence-corrected chi connectivity index (χ3v) is 3.67. The first-order chi connectivity index (χ1) is 11.6. The van der Waals surface area contributed by atoms with Crippen LogP contribution in [0.5, 0.6) is 0 Å². The summed E-state index contributed by atoms with van der Waals surface area (Å²) in [5.41, 5.74) is 7.90. The summed E-state index contributed by atoms with van der Waals surface area (Å²) >= 11 is 0. The third kappa shape index (κ3) is 3.70.